The summed E-state index contributed by atoms with van der Waals surface area (Å²) in [5, 5.41) is 0. The standard InChI is InChI=1S/C22H33I/c1-5-12-19(18-16-10-9-11-17-18)20(13-6-2)21(14-7-3)22(23)15-8-4/h9-11,16-17H,5-8,12-15H2,1-4H3/b20-19-,22-21-. The maximum absolute atomic E-state index is 2.61. The van der Waals surface area contributed by atoms with Crippen LogP contribution in [0.15, 0.2) is 45.1 Å². The van der Waals surface area contributed by atoms with E-state index in [0.29, 0.717) is 0 Å². The fourth-order valence-electron chi connectivity index (χ4n) is 3.16. The zero-order valence-electron chi connectivity index (χ0n) is 15.4. The van der Waals surface area contributed by atoms with E-state index in [1.54, 1.807) is 20.3 Å². The van der Waals surface area contributed by atoms with E-state index < -0.39 is 0 Å². The summed E-state index contributed by atoms with van der Waals surface area (Å²) in [6.07, 6.45) is 9.72. The van der Waals surface area contributed by atoms with E-state index in [1.807, 2.05) is 0 Å². The third kappa shape index (κ3) is 6.45. The number of halogens is 1. The topological polar surface area (TPSA) is 0 Å². The van der Waals surface area contributed by atoms with E-state index in [2.05, 4.69) is 80.6 Å². The molecule has 0 saturated heterocycles. The van der Waals surface area contributed by atoms with Gasteiger partial charge in [-0.1, -0.05) is 83.7 Å². The summed E-state index contributed by atoms with van der Waals surface area (Å²) < 4.78 is 1.58. The number of allylic oxidation sites excluding steroid dienone is 4. The molecule has 0 atom stereocenters. The first-order valence-electron chi connectivity index (χ1n) is 9.34. The molecule has 0 radical (unpaired) electrons. The molecule has 0 N–H and O–H groups in total. The molecule has 0 spiro atoms. The third-order valence-electron chi connectivity index (χ3n) is 4.15. The van der Waals surface area contributed by atoms with Crippen LogP contribution in [0, 0.1) is 0 Å². The maximum atomic E-state index is 2.61. The molecule has 0 heterocycles. The van der Waals surface area contributed by atoms with E-state index in [-0.39, 0.29) is 0 Å². The maximum Gasteiger partial charge on any atom is -0.00593 e. The minimum Gasteiger partial charge on any atom is -0.0651 e. The first-order chi connectivity index (χ1) is 11.2. The monoisotopic (exact) mass is 424 g/mol. The van der Waals surface area contributed by atoms with Crippen molar-refractivity contribution < 1.29 is 0 Å². The van der Waals surface area contributed by atoms with E-state index in [1.165, 1.54) is 56.9 Å². The molecular formula is C22H33I. The fourth-order valence-corrected chi connectivity index (χ4v) is 4.30. The van der Waals surface area contributed by atoms with Gasteiger partial charge >= 0.3 is 0 Å². The highest BCUT2D eigenvalue weighted by atomic mass is 127. The van der Waals surface area contributed by atoms with Gasteiger partial charge in [-0.15, -0.1) is 0 Å². The Hall–Kier alpha value is -0.570. The van der Waals surface area contributed by atoms with Gasteiger partial charge in [-0.05, 0) is 74.1 Å². The van der Waals surface area contributed by atoms with Crippen LogP contribution >= 0.6 is 22.6 Å². The fraction of sp³-hybridized carbons (Fsp3) is 0.545. The van der Waals surface area contributed by atoms with Crippen molar-refractivity contribution in [2.45, 2.75) is 79.1 Å². The zero-order valence-corrected chi connectivity index (χ0v) is 17.6. The molecule has 0 aliphatic heterocycles. The van der Waals surface area contributed by atoms with Gasteiger partial charge in [0.15, 0.2) is 0 Å². The predicted molar refractivity (Wildman–Crippen MR) is 114 cm³/mol. The summed E-state index contributed by atoms with van der Waals surface area (Å²) in [5.74, 6) is 0. The van der Waals surface area contributed by atoms with E-state index in [0.717, 1.165) is 0 Å². The second-order valence-electron chi connectivity index (χ2n) is 6.21. The minimum atomic E-state index is 1.18. The smallest absolute Gasteiger partial charge is 0.00593 e. The van der Waals surface area contributed by atoms with Crippen LogP contribution in [0.3, 0.4) is 0 Å². The average Bonchev–Trinajstić information content (AvgIpc) is 2.57. The highest BCUT2D eigenvalue weighted by molar-refractivity contribution is 14.1. The van der Waals surface area contributed by atoms with Gasteiger partial charge in [0.1, 0.15) is 0 Å². The van der Waals surface area contributed by atoms with Crippen molar-refractivity contribution in [1.29, 1.82) is 0 Å². The Morgan fingerprint density at radius 2 is 1.22 bits per heavy atom. The summed E-state index contributed by atoms with van der Waals surface area (Å²) in [5.41, 5.74) is 6.29. The van der Waals surface area contributed by atoms with Crippen molar-refractivity contribution in [2.24, 2.45) is 0 Å². The Bertz CT molecular complexity index is 508. The zero-order chi connectivity index (χ0) is 17.1. The van der Waals surface area contributed by atoms with Crippen LogP contribution in [0.1, 0.15) is 84.6 Å². The van der Waals surface area contributed by atoms with Crippen molar-refractivity contribution in [2.75, 3.05) is 0 Å². The molecule has 1 heteroatoms. The largest absolute Gasteiger partial charge is 0.0651 e. The predicted octanol–water partition coefficient (Wildman–Crippen LogP) is 8.33. The van der Waals surface area contributed by atoms with Gasteiger partial charge in [-0.3, -0.25) is 0 Å². The van der Waals surface area contributed by atoms with Crippen LogP contribution in [-0.4, -0.2) is 0 Å². The highest BCUT2D eigenvalue weighted by Gasteiger charge is 2.15. The van der Waals surface area contributed by atoms with Gasteiger partial charge in [0.05, 0.1) is 0 Å². The minimum absolute atomic E-state index is 1.18. The van der Waals surface area contributed by atoms with Crippen molar-refractivity contribution in [3.8, 4) is 0 Å². The first kappa shape index (κ1) is 20.5. The molecule has 0 aromatic heterocycles. The van der Waals surface area contributed by atoms with Gasteiger partial charge in [0, 0.05) is 0 Å². The third-order valence-corrected chi connectivity index (χ3v) is 5.34. The van der Waals surface area contributed by atoms with Gasteiger partial charge in [0.25, 0.3) is 0 Å². The number of hydrogen-bond donors (Lipinski definition) is 0. The number of benzene rings is 1. The second kappa shape index (κ2) is 11.9. The second-order valence-corrected chi connectivity index (χ2v) is 7.51. The van der Waals surface area contributed by atoms with Crippen molar-refractivity contribution in [1.82, 2.24) is 0 Å². The normalized spacial score (nSPS) is 13.6. The highest BCUT2D eigenvalue weighted by Crippen LogP contribution is 2.37. The Morgan fingerprint density at radius 3 is 1.74 bits per heavy atom. The van der Waals surface area contributed by atoms with Gasteiger partial charge in [-0.2, -0.15) is 0 Å². The Morgan fingerprint density at radius 1 is 0.696 bits per heavy atom. The molecule has 1 aromatic rings. The van der Waals surface area contributed by atoms with Crippen LogP contribution in [-0.2, 0) is 0 Å². The van der Waals surface area contributed by atoms with Gasteiger partial charge in [-0.25, -0.2) is 0 Å². The average molecular weight is 424 g/mol. The van der Waals surface area contributed by atoms with E-state index >= 15 is 0 Å². The molecule has 0 amide bonds. The van der Waals surface area contributed by atoms with E-state index in [9.17, 15) is 0 Å². The van der Waals surface area contributed by atoms with Crippen LogP contribution in [0.4, 0.5) is 0 Å². The Balaban J connectivity index is 3.49. The summed E-state index contributed by atoms with van der Waals surface area (Å²) in [7, 11) is 0. The lowest BCUT2D eigenvalue weighted by Gasteiger charge is -2.20. The number of rotatable bonds is 10. The number of hydrogen-bond acceptors (Lipinski definition) is 0. The molecule has 0 nitrogen and oxygen atoms in total. The lowest BCUT2D eigenvalue weighted by atomic mass is 9.87. The molecule has 128 valence electrons. The Labute approximate surface area is 157 Å². The van der Waals surface area contributed by atoms with Gasteiger partial charge < -0.3 is 0 Å². The molecule has 0 unspecified atom stereocenters. The summed E-state index contributed by atoms with van der Waals surface area (Å²) in [6.45, 7) is 9.20. The van der Waals surface area contributed by atoms with Crippen molar-refractivity contribution in [3.63, 3.8) is 0 Å². The molecular weight excluding hydrogens is 391 g/mol. The molecule has 0 bridgehead atoms. The summed E-state index contributed by atoms with van der Waals surface area (Å²) >= 11 is 2.61. The molecule has 0 aliphatic rings. The molecule has 1 rings (SSSR count). The first-order valence-corrected chi connectivity index (χ1v) is 10.4. The van der Waals surface area contributed by atoms with Crippen LogP contribution in [0.25, 0.3) is 5.57 Å². The molecule has 0 aliphatic carbocycles. The lowest BCUT2D eigenvalue weighted by Crippen LogP contribution is -2.00. The lowest BCUT2D eigenvalue weighted by molar-refractivity contribution is 0.829. The van der Waals surface area contributed by atoms with Crippen molar-refractivity contribution in [3.05, 3.63) is 50.6 Å². The quantitative estimate of drug-likeness (QED) is 0.262. The van der Waals surface area contributed by atoms with Crippen molar-refractivity contribution >= 4 is 28.2 Å². The molecule has 23 heavy (non-hydrogen) atoms. The van der Waals surface area contributed by atoms with Crippen LogP contribution < -0.4 is 0 Å². The Kier molecular flexibility index (Phi) is 10.6. The van der Waals surface area contributed by atoms with Gasteiger partial charge in [0.2, 0.25) is 0 Å². The SMILES string of the molecule is CCC/C(I)=C(CCC)/C(CCC)=C(/CCC)c1ccccc1. The van der Waals surface area contributed by atoms with Crippen LogP contribution in [0.5, 0.6) is 0 Å². The molecule has 1 aromatic carbocycles. The summed E-state index contributed by atoms with van der Waals surface area (Å²) in [4.78, 5) is 0. The molecule has 0 fully saturated rings. The van der Waals surface area contributed by atoms with E-state index in [4.69, 9.17) is 0 Å². The molecule has 0 saturated carbocycles. The van der Waals surface area contributed by atoms with Crippen LogP contribution in [0.2, 0.25) is 0 Å². The summed E-state index contributed by atoms with van der Waals surface area (Å²) in [6, 6.07) is 11.0.